The average Bonchev–Trinajstić information content (AvgIpc) is 3.48. The summed E-state index contributed by atoms with van der Waals surface area (Å²) in [6.45, 7) is 1.78. The molecule has 0 aliphatic carbocycles. The number of fused-ring (bicyclic) bond motifs is 2. The number of carbonyl (C=O) groups is 6. The van der Waals surface area contributed by atoms with Gasteiger partial charge in [0, 0.05) is 23.0 Å². The van der Waals surface area contributed by atoms with Crippen LogP contribution in [0, 0.1) is 10.1 Å². The number of dihydropyridines is 1. The molecule has 3 aromatic carbocycles. The number of hydrogen-bond acceptors (Lipinski definition) is 11. The van der Waals surface area contributed by atoms with Gasteiger partial charge in [-0.1, -0.05) is 42.5 Å². The summed E-state index contributed by atoms with van der Waals surface area (Å²) in [6.07, 6.45) is 0. The number of allylic oxidation sites excluding steroid dienone is 2. The Hall–Kier alpha value is -6.44. The Balaban J connectivity index is 1.22. The molecule has 0 fully saturated rings. The van der Waals surface area contributed by atoms with Crippen molar-refractivity contribution in [1.29, 1.82) is 0 Å². The predicted octanol–water partition coefficient (Wildman–Crippen LogP) is 3.51. The van der Waals surface area contributed by atoms with E-state index >= 15 is 0 Å². The molecule has 0 saturated carbocycles. The van der Waals surface area contributed by atoms with Gasteiger partial charge in [-0.15, -0.1) is 0 Å². The molecular formula is C35H28N4O10. The number of nitro benzene ring substituents is 1. The highest BCUT2D eigenvalue weighted by atomic mass is 16.6. The SMILES string of the molecule is CC1=C(C(=O)OCCN2C(=O)c3ccccc3C2=O)C(c2ccccc2[N+](=O)[O-])C(C(=O)OCCN2C(=O)c3ccccc3C2=O)=C(C)N1. The number of nitrogens with one attached hydrogen (secondary N) is 1. The van der Waals surface area contributed by atoms with Gasteiger partial charge in [0.2, 0.25) is 0 Å². The first kappa shape index (κ1) is 32.5. The van der Waals surface area contributed by atoms with Crippen molar-refractivity contribution in [1.82, 2.24) is 15.1 Å². The largest absolute Gasteiger partial charge is 0.460 e. The number of amides is 4. The molecule has 3 aliphatic rings. The van der Waals surface area contributed by atoms with E-state index in [4.69, 9.17) is 9.47 Å². The molecule has 248 valence electrons. The fourth-order valence-corrected chi connectivity index (χ4v) is 6.24. The summed E-state index contributed by atoms with van der Waals surface area (Å²) in [6, 6.07) is 18.2. The molecule has 0 bridgehead atoms. The van der Waals surface area contributed by atoms with Crippen molar-refractivity contribution in [3.05, 3.63) is 133 Å². The Labute approximate surface area is 278 Å². The predicted molar refractivity (Wildman–Crippen MR) is 170 cm³/mol. The van der Waals surface area contributed by atoms with E-state index in [0.29, 0.717) is 0 Å². The molecule has 0 spiro atoms. The summed E-state index contributed by atoms with van der Waals surface area (Å²) >= 11 is 0. The standard InChI is InChI=1S/C35H28N4O10/c1-19-27(34(44)48-17-15-37-30(40)21-9-3-4-10-22(21)31(37)41)29(25-13-7-8-14-26(25)39(46)47)28(20(2)36-19)35(45)49-18-16-38-32(42)23-11-5-6-12-24(23)33(38)43/h3-14,29,36H,15-18H2,1-2H3. The van der Waals surface area contributed by atoms with Gasteiger partial charge in [0.05, 0.1) is 57.3 Å². The summed E-state index contributed by atoms with van der Waals surface area (Å²) in [7, 11) is 0. The minimum Gasteiger partial charge on any atom is -0.460 e. The van der Waals surface area contributed by atoms with Crippen molar-refractivity contribution in [2.45, 2.75) is 19.8 Å². The van der Waals surface area contributed by atoms with Crippen molar-refractivity contribution in [3.8, 4) is 0 Å². The fourth-order valence-electron chi connectivity index (χ4n) is 6.24. The van der Waals surface area contributed by atoms with Crippen LogP contribution in [0.1, 0.15) is 66.8 Å². The van der Waals surface area contributed by atoms with Crippen molar-refractivity contribution in [3.63, 3.8) is 0 Å². The van der Waals surface area contributed by atoms with Gasteiger partial charge in [0.25, 0.3) is 29.3 Å². The summed E-state index contributed by atoms with van der Waals surface area (Å²) < 4.78 is 11.0. The molecule has 14 heteroatoms. The smallest absolute Gasteiger partial charge is 0.336 e. The van der Waals surface area contributed by atoms with Crippen LogP contribution < -0.4 is 5.32 Å². The van der Waals surface area contributed by atoms with E-state index in [0.717, 1.165) is 9.80 Å². The van der Waals surface area contributed by atoms with E-state index in [1.165, 1.54) is 62.4 Å². The normalized spacial score (nSPS) is 15.8. The molecule has 4 amide bonds. The Kier molecular flexibility index (Phi) is 8.61. The number of carbonyl (C=O) groups excluding carboxylic acids is 6. The van der Waals surface area contributed by atoms with Crippen molar-refractivity contribution >= 4 is 41.3 Å². The zero-order chi connectivity index (χ0) is 35.0. The minimum absolute atomic E-state index is 0.00676. The number of hydrogen-bond donors (Lipinski definition) is 1. The monoisotopic (exact) mass is 664 g/mol. The number of esters is 2. The molecule has 3 aliphatic heterocycles. The lowest BCUT2D eigenvalue weighted by Gasteiger charge is -2.30. The number of ether oxygens (including phenoxy) is 2. The second-order valence-corrected chi connectivity index (χ2v) is 11.3. The number of para-hydroxylation sites is 1. The Bertz CT molecular complexity index is 1860. The first-order valence-electron chi connectivity index (χ1n) is 15.2. The van der Waals surface area contributed by atoms with E-state index in [1.807, 2.05) is 0 Å². The lowest BCUT2D eigenvalue weighted by Crippen LogP contribution is -2.36. The second kappa shape index (κ2) is 13.0. The maximum Gasteiger partial charge on any atom is 0.336 e. The topological polar surface area (TPSA) is 183 Å². The summed E-state index contributed by atoms with van der Waals surface area (Å²) in [5.41, 5.74) is 0.797. The van der Waals surface area contributed by atoms with Crippen LogP contribution in [0.2, 0.25) is 0 Å². The Morgan fingerprint density at radius 3 is 1.43 bits per heavy atom. The molecule has 0 atom stereocenters. The van der Waals surface area contributed by atoms with Gasteiger partial charge in [0.1, 0.15) is 13.2 Å². The molecule has 6 rings (SSSR count). The highest BCUT2D eigenvalue weighted by molar-refractivity contribution is 6.22. The third kappa shape index (κ3) is 5.73. The lowest BCUT2D eigenvalue weighted by atomic mass is 9.79. The second-order valence-electron chi connectivity index (χ2n) is 11.3. The van der Waals surface area contributed by atoms with E-state index in [9.17, 15) is 38.9 Å². The quantitative estimate of drug-likeness (QED) is 0.145. The first-order chi connectivity index (χ1) is 23.5. The van der Waals surface area contributed by atoms with E-state index < -0.39 is 59.6 Å². The van der Waals surface area contributed by atoms with Gasteiger partial charge in [-0.05, 0) is 38.1 Å². The van der Waals surface area contributed by atoms with Gasteiger partial charge in [0.15, 0.2) is 0 Å². The molecule has 0 aromatic heterocycles. The molecular weight excluding hydrogens is 636 g/mol. The van der Waals surface area contributed by atoms with Crippen molar-refractivity contribution in [2.75, 3.05) is 26.3 Å². The summed E-state index contributed by atoms with van der Waals surface area (Å²) in [5, 5.41) is 15.1. The number of benzene rings is 3. The number of rotatable bonds is 10. The van der Waals surface area contributed by atoms with Crippen LogP contribution in [0.5, 0.6) is 0 Å². The van der Waals surface area contributed by atoms with Crippen LogP contribution in [0.25, 0.3) is 0 Å². The minimum atomic E-state index is -1.33. The molecule has 49 heavy (non-hydrogen) atoms. The fraction of sp³-hybridized carbons (Fsp3) is 0.200. The number of imide groups is 2. The van der Waals surface area contributed by atoms with Crippen LogP contribution in [0.15, 0.2) is 95.3 Å². The zero-order valence-corrected chi connectivity index (χ0v) is 26.3. The maximum atomic E-state index is 13.7. The summed E-state index contributed by atoms with van der Waals surface area (Å²) in [5.74, 6) is -5.37. The maximum absolute atomic E-state index is 13.7. The van der Waals surface area contributed by atoms with E-state index in [1.54, 1.807) is 24.3 Å². The Morgan fingerprint density at radius 1 is 0.673 bits per heavy atom. The first-order valence-corrected chi connectivity index (χ1v) is 15.2. The van der Waals surface area contributed by atoms with Gasteiger partial charge in [-0.25, -0.2) is 9.59 Å². The Morgan fingerprint density at radius 2 is 1.04 bits per heavy atom. The van der Waals surface area contributed by atoms with Gasteiger partial charge in [-0.2, -0.15) is 0 Å². The highest BCUT2D eigenvalue weighted by Gasteiger charge is 2.42. The third-order valence-corrected chi connectivity index (χ3v) is 8.50. The zero-order valence-electron chi connectivity index (χ0n) is 26.3. The van der Waals surface area contributed by atoms with Gasteiger partial charge in [-0.3, -0.25) is 39.1 Å². The molecule has 14 nitrogen and oxygen atoms in total. The molecule has 0 saturated heterocycles. The highest BCUT2D eigenvalue weighted by Crippen LogP contribution is 2.42. The van der Waals surface area contributed by atoms with Crippen LogP contribution in [0.4, 0.5) is 5.69 Å². The van der Waals surface area contributed by atoms with Crippen LogP contribution >= 0.6 is 0 Å². The van der Waals surface area contributed by atoms with E-state index in [2.05, 4.69) is 5.32 Å². The van der Waals surface area contributed by atoms with Crippen LogP contribution in [-0.2, 0) is 19.1 Å². The van der Waals surface area contributed by atoms with E-state index in [-0.39, 0.29) is 69.1 Å². The molecule has 3 aromatic rings. The lowest BCUT2D eigenvalue weighted by molar-refractivity contribution is -0.385. The van der Waals surface area contributed by atoms with Gasteiger partial charge < -0.3 is 14.8 Å². The summed E-state index contributed by atoms with van der Waals surface area (Å²) in [4.78, 5) is 92.0. The van der Waals surface area contributed by atoms with Crippen LogP contribution in [-0.4, -0.2) is 76.6 Å². The van der Waals surface area contributed by atoms with Crippen molar-refractivity contribution in [2.24, 2.45) is 0 Å². The van der Waals surface area contributed by atoms with Gasteiger partial charge >= 0.3 is 11.9 Å². The average molecular weight is 665 g/mol. The molecule has 0 unspecified atom stereocenters. The molecule has 3 heterocycles. The molecule has 0 radical (unpaired) electrons. The number of nitro groups is 1. The van der Waals surface area contributed by atoms with Crippen molar-refractivity contribution < 1.29 is 43.2 Å². The third-order valence-electron chi connectivity index (χ3n) is 8.50. The number of nitrogens with zero attached hydrogens (tertiary/aromatic N) is 3. The van der Waals surface area contributed by atoms with Crippen LogP contribution in [0.3, 0.4) is 0 Å². The molecule has 1 N–H and O–H groups in total.